The van der Waals surface area contributed by atoms with Crippen molar-refractivity contribution in [3.63, 3.8) is 0 Å². The fourth-order valence-corrected chi connectivity index (χ4v) is 6.55. The van der Waals surface area contributed by atoms with Crippen LogP contribution in [0.25, 0.3) is 0 Å². The molecule has 1 aromatic rings. The fraction of sp³-hybridized carbons (Fsp3) is 0.480. The largest absolute Gasteiger partial charge is 0.509 e. The maximum atomic E-state index is 14.0. The first-order chi connectivity index (χ1) is 18.0. The first kappa shape index (κ1) is 26.0. The Labute approximate surface area is 220 Å². The fourth-order valence-electron chi connectivity index (χ4n) is 5.41. The first-order valence-electron chi connectivity index (χ1n) is 12.5. The third kappa shape index (κ3) is 4.18. The van der Waals surface area contributed by atoms with E-state index in [1.54, 1.807) is 22.0 Å². The number of hydrogen-bond acceptors (Lipinski definition) is 8. The van der Waals surface area contributed by atoms with Crippen molar-refractivity contribution in [3.8, 4) is 5.75 Å². The lowest BCUT2D eigenvalue weighted by molar-refractivity contribution is -0.139. The van der Waals surface area contributed by atoms with Gasteiger partial charge in [0.05, 0.1) is 12.3 Å². The number of aliphatic hydroxyl groups excluding tert-OH is 1. The number of piperazine rings is 1. The van der Waals surface area contributed by atoms with Gasteiger partial charge in [0.2, 0.25) is 10.0 Å². The standard InChI is InChI=1S/C25H30FN5O6S/c1-4-29-13-15(2)31-20-19(22(32)21(31)25(29)34)24(33)30-14-16-8-9-17(26)12-18(16)37-10-6-5-7-11-38(35,36)28(3)23(20)27-30/h5-6,8-9,12,15,19-20,32H,4,7,10-11,13-14H2,1-3H3/b6-5-/t15-,19?,20?/m0/s1. The minimum Gasteiger partial charge on any atom is -0.509 e. The van der Waals surface area contributed by atoms with E-state index in [1.807, 2.05) is 13.8 Å². The number of aliphatic hydroxyl groups is 1. The predicted molar refractivity (Wildman–Crippen MR) is 136 cm³/mol. The number of carbonyl (C=O) groups excluding carboxylic acids is 2. The highest BCUT2D eigenvalue weighted by molar-refractivity contribution is 7.89. The van der Waals surface area contributed by atoms with Gasteiger partial charge in [0.15, 0.2) is 5.84 Å². The summed E-state index contributed by atoms with van der Waals surface area (Å²) >= 11 is 0. The Balaban J connectivity index is 1.66. The molecule has 2 bridgehead atoms. The number of hydrogen-bond donors (Lipinski definition) is 1. The highest BCUT2D eigenvalue weighted by Gasteiger charge is 2.58. The molecule has 5 rings (SSSR count). The van der Waals surface area contributed by atoms with Crippen molar-refractivity contribution < 1.29 is 32.2 Å². The number of sulfonamides is 1. The Bertz CT molecular complexity index is 1380. The Kier molecular flexibility index (Phi) is 6.58. The number of rotatable bonds is 1. The number of allylic oxidation sites excluding steroid dienone is 1. The molecule has 204 valence electrons. The van der Waals surface area contributed by atoms with Gasteiger partial charge >= 0.3 is 0 Å². The van der Waals surface area contributed by atoms with Gasteiger partial charge in [0, 0.05) is 37.8 Å². The highest BCUT2D eigenvalue weighted by Crippen LogP contribution is 2.42. The Morgan fingerprint density at radius 2 is 2.00 bits per heavy atom. The Hall–Kier alpha value is -3.61. The molecule has 0 aliphatic carbocycles. The molecule has 2 unspecified atom stereocenters. The summed E-state index contributed by atoms with van der Waals surface area (Å²) in [5.74, 6) is -3.19. The van der Waals surface area contributed by atoms with E-state index in [1.165, 1.54) is 25.2 Å². The molecule has 1 fully saturated rings. The lowest BCUT2D eigenvalue weighted by Crippen LogP contribution is -2.62. The molecule has 1 N–H and O–H groups in total. The van der Waals surface area contributed by atoms with Crippen LogP contribution in [0.5, 0.6) is 5.75 Å². The summed E-state index contributed by atoms with van der Waals surface area (Å²) in [5, 5.41) is 16.9. The van der Waals surface area contributed by atoms with Crippen LogP contribution in [0.2, 0.25) is 0 Å². The summed E-state index contributed by atoms with van der Waals surface area (Å²) in [4.78, 5) is 30.3. The van der Waals surface area contributed by atoms with Crippen molar-refractivity contribution in [2.24, 2.45) is 11.0 Å². The minimum atomic E-state index is -3.88. The topological polar surface area (TPSA) is 123 Å². The number of carbonyl (C=O) groups is 2. The minimum absolute atomic E-state index is 0.0130. The van der Waals surface area contributed by atoms with Crippen molar-refractivity contribution in [2.75, 3.05) is 32.5 Å². The molecule has 1 aromatic carbocycles. The van der Waals surface area contributed by atoms with Crippen LogP contribution in [0.4, 0.5) is 4.39 Å². The maximum Gasteiger partial charge on any atom is 0.273 e. The van der Waals surface area contributed by atoms with Crippen LogP contribution in [-0.4, -0.2) is 94.9 Å². The summed E-state index contributed by atoms with van der Waals surface area (Å²) in [6, 6.07) is 2.61. The normalized spacial score (nSPS) is 28.2. The monoisotopic (exact) mass is 547 g/mol. The SMILES string of the molecule is CCN1C[C@H](C)N2C(=C(O)C3C(=O)N4Cc5ccc(F)cc5OC/C=C\CCS(=O)(=O)N(C)C(=N4)C32)C1=O. The summed E-state index contributed by atoms with van der Waals surface area (Å²) in [6.45, 7) is 4.36. The van der Waals surface area contributed by atoms with E-state index in [0.29, 0.717) is 18.7 Å². The molecule has 4 heterocycles. The second-order valence-electron chi connectivity index (χ2n) is 9.72. The zero-order valence-corrected chi connectivity index (χ0v) is 22.2. The van der Waals surface area contributed by atoms with Gasteiger partial charge in [0.25, 0.3) is 11.8 Å². The summed E-state index contributed by atoms with van der Waals surface area (Å²) in [7, 11) is -2.52. The van der Waals surface area contributed by atoms with Gasteiger partial charge in [-0.1, -0.05) is 18.2 Å². The number of amides is 2. The maximum absolute atomic E-state index is 14.0. The van der Waals surface area contributed by atoms with Crippen LogP contribution < -0.4 is 4.74 Å². The number of benzene rings is 1. The number of fused-ring (bicyclic) bond motifs is 6. The van der Waals surface area contributed by atoms with Crippen molar-refractivity contribution in [2.45, 2.75) is 38.9 Å². The molecule has 1 saturated heterocycles. The number of ether oxygens (including phenoxy) is 1. The molecule has 38 heavy (non-hydrogen) atoms. The molecule has 0 saturated carbocycles. The van der Waals surface area contributed by atoms with Gasteiger partial charge in [0.1, 0.15) is 41.6 Å². The first-order valence-corrected chi connectivity index (χ1v) is 14.1. The lowest BCUT2D eigenvalue weighted by atomic mass is 9.95. The van der Waals surface area contributed by atoms with Crippen LogP contribution in [0.15, 0.2) is 46.9 Å². The van der Waals surface area contributed by atoms with Gasteiger partial charge in [-0.3, -0.25) is 13.9 Å². The number of hydrazone groups is 1. The van der Waals surface area contributed by atoms with Crippen molar-refractivity contribution in [1.29, 1.82) is 0 Å². The number of likely N-dealkylation sites (N-methyl/N-ethyl adjacent to an activating group) is 2. The Morgan fingerprint density at radius 3 is 2.74 bits per heavy atom. The molecule has 4 aliphatic heterocycles. The van der Waals surface area contributed by atoms with E-state index < -0.39 is 45.4 Å². The van der Waals surface area contributed by atoms with E-state index in [9.17, 15) is 27.5 Å². The Morgan fingerprint density at radius 1 is 1.24 bits per heavy atom. The van der Waals surface area contributed by atoms with E-state index in [4.69, 9.17) is 4.74 Å². The highest BCUT2D eigenvalue weighted by atomic mass is 32.2. The van der Waals surface area contributed by atoms with E-state index >= 15 is 0 Å². The molecule has 2 amide bonds. The van der Waals surface area contributed by atoms with Crippen LogP contribution in [0.3, 0.4) is 0 Å². The summed E-state index contributed by atoms with van der Waals surface area (Å²) in [5.41, 5.74) is 0.433. The average Bonchev–Trinajstić information content (AvgIpc) is 3.19. The zero-order chi connectivity index (χ0) is 27.4. The van der Waals surface area contributed by atoms with E-state index in [2.05, 4.69) is 5.10 Å². The smallest absolute Gasteiger partial charge is 0.273 e. The quantitative estimate of drug-likeness (QED) is 0.528. The molecule has 0 spiro atoms. The molecule has 3 atom stereocenters. The third-order valence-electron chi connectivity index (χ3n) is 7.38. The number of amidine groups is 1. The molecule has 11 nitrogen and oxygen atoms in total. The molecule has 4 aliphatic rings. The predicted octanol–water partition coefficient (Wildman–Crippen LogP) is 1.40. The molecule has 0 aromatic heterocycles. The number of nitrogens with zero attached hydrogens (tertiary/aromatic N) is 5. The molecule has 13 heteroatoms. The van der Waals surface area contributed by atoms with Crippen LogP contribution >= 0.6 is 0 Å². The van der Waals surface area contributed by atoms with Crippen LogP contribution in [-0.2, 0) is 26.2 Å². The zero-order valence-electron chi connectivity index (χ0n) is 21.4. The lowest BCUT2D eigenvalue weighted by Gasteiger charge is -2.45. The van der Waals surface area contributed by atoms with Gasteiger partial charge < -0.3 is 19.6 Å². The molecular formula is C25H30FN5O6S. The third-order valence-corrected chi connectivity index (χ3v) is 9.16. The van der Waals surface area contributed by atoms with E-state index in [-0.39, 0.29) is 48.6 Å². The number of halogens is 1. The van der Waals surface area contributed by atoms with Gasteiger partial charge in [-0.15, -0.1) is 0 Å². The van der Waals surface area contributed by atoms with Crippen molar-refractivity contribution >= 4 is 27.7 Å². The summed E-state index contributed by atoms with van der Waals surface area (Å²) < 4.78 is 47.4. The van der Waals surface area contributed by atoms with Crippen molar-refractivity contribution in [3.05, 3.63) is 53.2 Å². The van der Waals surface area contributed by atoms with Gasteiger partial charge in [-0.25, -0.2) is 17.8 Å². The average molecular weight is 548 g/mol. The van der Waals surface area contributed by atoms with Crippen molar-refractivity contribution in [1.82, 2.24) is 19.1 Å². The second-order valence-corrected chi connectivity index (χ2v) is 11.8. The van der Waals surface area contributed by atoms with Gasteiger partial charge in [-0.2, -0.15) is 5.10 Å². The molecular weight excluding hydrogens is 517 g/mol. The van der Waals surface area contributed by atoms with Crippen LogP contribution in [0.1, 0.15) is 25.8 Å². The second kappa shape index (κ2) is 9.61. The van der Waals surface area contributed by atoms with E-state index in [0.717, 1.165) is 9.31 Å². The summed E-state index contributed by atoms with van der Waals surface area (Å²) in [6.07, 6.45) is 3.51. The molecule has 0 radical (unpaired) electrons. The van der Waals surface area contributed by atoms with Gasteiger partial charge in [-0.05, 0) is 26.3 Å². The van der Waals surface area contributed by atoms with Crippen LogP contribution in [0, 0.1) is 11.7 Å².